The van der Waals surface area contributed by atoms with E-state index in [2.05, 4.69) is 15.9 Å². The van der Waals surface area contributed by atoms with E-state index in [0.29, 0.717) is 26.3 Å². The van der Waals surface area contributed by atoms with Crippen LogP contribution in [0.3, 0.4) is 0 Å². The van der Waals surface area contributed by atoms with Gasteiger partial charge < -0.3 is 5.73 Å². The average Bonchev–Trinajstić information content (AvgIpc) is 2.58. The Hall–Kier alpha value is -1.76. The molecule has 0 spiro atoms. The van der Waals surface area contributed by atoms with Crippen molar-refractivity contribution in [1.82, 2.24) is 0 Å². The number of nitrogen functional groups attached to an aromatic ring is 1. The largest absolute Gasteiger partial charge is 0.416 e. The van der Waals surface area contributed by atoms with Crippen LogP contribution in [0.25, 0.3) is 22.3 Å². The van der Waals surface area contributed by atoms with Gasteiger partial charge >= 0.3 is 6.18 Å². The van der Waals surface area contributed by atoms with E-state index in [1.54, 1.807) is 18.2 Å². The second-order valence-electron chi connectivity index (χ2n) is 5.74. The standard InChI is InChI=1S/C19H10BrCl2F4N/c20-15-7-13(12-5-9(19(24,25)26)1-3-16(12)22)17(23)8-11(15)14-6-10(21)2-4-18(14)27/h1-8H,27H2. The van der Waals surface area contributed by atoms with Gasteiger partial charge in [0.2, 0.25) is 0 Å². The summed E-state index contributed by atoms with van der Waals surface area (Å²) in [5.41, 5.74) is 6.18. The van der Waals surface area contributed by atoms with Gasteiger partial charge in [0, 0.05) is 42.5 Å². The zero-order valence-electron chi connectivity index (χ0n) is 13.3. The zero-order chi connectivity index (χ0) is 19.9. The molecule has 0 aromatic heterocycles. The van der Waals surface area contributed by atoms with Crippen LogP contribution >= 0.6 is 39.1 Å². The van der Waals surface area contributed by atoms with Gasteiger partial charge in [-0.3, -0.25) is 0 Å². The van der Waals surface area contributed by atoms with E-state index in [4.69, 9.17) is 28.9 Å². The SMILES string of the molecule is Nc1ccc(Cl)cc1-c1cc(F)c(-c2cc(C(F)(F)F)ccc2Cl)cc1Br. The number of anilines is 1. The molecular weight excluding hydrogens is 469 g/mol. The van der Waals surface area contributed by atoms with Crippen molar-refractivity contribution in [3.63, 3.8) is 0 Å². The van der Waals surface area contributed by atoms with Crippen molar-refractivity contribution in [2.24, 2.45) is 0 Å². The van der Waals surface area contributed by atoms with Gasteiger partial charge in [0.15, 0.2) is 0 Å². The number of benzene rings is 3. The summed E-state index contributed by atoms with van der Waals surface area (Å²) in [6.07, 6.45) is -4.57. The summed E-state index contributed by atoms with van der Waals surface area (Å²) >= 11 is 15.3. The number of hydrogen-bond donors (Lipinski definition) is 1. The van der Waals surface area contributed by atoms with Crippen molar-refractivity contribution < 1.29 is 17.6 Å². The zero-order valence-corrected chi connectivity index (χ0v) is 16.4. The number of halogens is 7. The molecule has 3 rings (SSSR count). The van der Waals surface area contributed by atoms with E-state index in [9.17, 15) is 17.6 Å². The summed E-state index contributed by atoms with van der Waals surface area (Å²) in [5.74, 6) is -0.742. The third-order valence-corrected chi connectivity index (χ3v) is 5.17. The fourth-order valence-electron chi connectivity index (χ4n) is 2.63. The Morgan fingerprint density at radius 1 is 0.815 bits per heavy atom. The van der Waals surface area contributed by atoms with Crippen molar-refractivity contribution in [1.29, 1.82) is 0 Å². The normalized spacial score (nSPS) is 11.7. The monoisotopic (exact) mass is 477 g/mol. The topological polar surface area (TPSA) is 26.0 Å². The van der Waals surface area contributed by atoms with Crippen LogP contribution in [0, 0.1) is 5.82 Å². The van der Waals surface area contributed by atoms with Crippen LogP contribution in [0.5, 0.6) is 0 Å². The van der Waals surface area contributed by atoms with Crippen LogP contribution in [0.1, 0.15) is 5.56 Å². The van der Waals surface area contributed by atoms with E-state index < -0.39 is 17.6 Å². The molecule has 0 radical (unpaired) electrons. The minimum absolute atomic E-state index is 0.00354. The molecule has 27 heavy (non-hydrogen) atoms. The van der Waals surface area contributed by atoms with Crippen molar-refractivity contribution in [3.05, 3.63) is 74.4 Å². The lowest BCUT2D eigenvalue weighted by Crippen LogP contribution is -2.05. The Balaban J connectivity index is 2.18. The minimum Gasteiger partial charge on any atom is -0.398 e. The first kappa shape index (κ1) is 20.0. The van der Waals surface area contributed by atoms with E-state index in [1.807, 2.05) is 0 Å². The Bertz CT molecular complexity index is 1030. The molecule has 0 unspecified atom stereocenters. The number of alkyl halides is 3. The summed E-state index contributed by atoms with van der Waals surface area (Å²) in [6, 6.07) is 10.1. The second kappa shape index (κ2) is 7.34. The molecular formula is C19H10BrCl2F4N. The number of nitrogens with two attached hydrogens (primary N) is 1. The van der Waals surface area contributed by atoms with Crippen molar-refractivity contribution in [3.8, 4) is 22.3 Å². The van der Waals surface area contributed by atoms with Gasteiger partial charge in [-0.15, -0.1) is 0 Å². The van der Waals surface area contributed by atoms with E-state index in [0.717, 1.165) is 18.2 Å². The lowest BCUT2D eigenvalue weighted by Gasteiger charge is -2.14. The fourth-order valence-corrected chi connectivity index (χ4v) is 3.58. The fraction of sp³-hybridized carbons (Fsp3) is 0.0526. The van der Waals surface area contributed by atoms with Gasteiger partial charge in [-0.05, 0) is 48.5 Å². The second-order valence-corrected chi connectivity index (χ2v) is 7.43. The summed E-state index contributed by atoms with van der Waals surface area (Å²) in [7, 11) is 0. The van der Waals surface area contributed by atoms with Crippen LogP contribution < -0.4 is 5.73 Å². The molecule has 140 valence electrons. The molecule has 0 aliphatic rings. The van der Waals surface area contributed by atoms with Gasteiger partial charge in [-0.2, -0.15) is 13.2 Å². The average molecular weight is 479 g/mol. The Labute approximate surface area is 170 Å². The van der Waals surface area contributed by atoms with Crippen molar-refractivity contribution in [2.75, 3.05) is 5.73 Å². The molecule has 0 amide bonds. The first-order valence-electron chi connectivity index (χ1n) is 7.49. The molecule has 0 atom stereocenters. The molecule has 0 aliphatic heterocycles. The summed E-state index contributed by atoms with van der Waals surface area (Å²) in [4.78, 5) is 0. The number of rotatable bonds is 2. The van der Waals surface area contributed by atoms with Crippen molar-refractivity contribution in [2.45, 2.75) is 6.18 Å². The third kappa shape index (κ3) is 4.08. The quantitative estimate of drug-likeness (QED) is 0.294. The predicted molar refractivity (Wildman–Crippen MR) is 104 cm³/mol. The van der Waals surface area contributed by atoms with E-state index >= 15 is 0 Å². The minimum atomic E-state index is -4.57. The van der Waals surface area contributed by atoms with Gasteiger partial charge in [-0.1, -0.05) is 39.1 Å². The van der Waals surface area contributed by atoms with Crippen LogP contribution in [0.2, 0.25) is 10.0 Å². The molecule has 0 saturated carbocycles. The van der Waals surface area contributed by atoms with Crippen LogP contribution in [0.15, 0.2) is 53.0 Å². The van der Waals surface area contributed by atoms with Gasteiger partial charge in [-0.25, -0.2) is 4.39 Å². The Kier molecular flexibility index (Phi) is 5.43. The highest BCUT2D eigenvalue weighted by atomic mass is 79.9. The van der Waals surface area contributed by atoms with E-state index in [-0.39, 0.29) is 16.1 Å². The van der Waals surface area contributed by atoms with E-state index in [1.165, 1.54) is 12.1 Å². The molecule has 0 fully saturated rings. The maximum Gasteiger partial charge on any atom is 0.416 e. The highest BCUT2D eigenvalue weighted by molar-refractivity contribution is 9.10. The molecule has 2 N–H and O–H groups in total. The highest BCUT2D eigenvalue weighted by Gasteiger charge is 2.31. The highest BCUT2D eigenvalue weighted by Crippen LogP contribution is 2.41. The molecule has 0 bridgehead atoms. The lowest BCUT2D eigenvalue weighted by atomic mass is 9.97. The van der Waals surface area contributed by atoms with Gasteiger partial charge in [0.05, 0.1) is 5.56 Å². The van der Waals surface area contributed by atoms with Crippen molar-refractivity contribution >= 4 is 44.8 Å². The smallest absolute Gasteiger partial charge is 0.398 e. The Morgan fingerprint density at radius 2 is 1.52 bits per heavy atom. The van der Waals surface area contributed by atoms with Gasteiger partial charge in [0.25, 0.3) is 0 Å². The summed E-state index contributed by atoms with van der Waals surface area (Å²) < 4.78 is 54.2. The first-order chi connectivity index (χ1) is 12.6. The summed E-state index contributed by atoms with van der Waals surface area (Å²) in [6.45, 7) is 0. The maximum atomic E-state index is 14.8. The molecule has 0 heterocycles. The molecule has 0 saturated heterocycles. The summed E-state index contributed by atoms with van der Waals surface area (Å²) in [5, 5.41) is 0.417. The molecule has 1 nitrogen and oxygen atoms in total. The van der Waals surface area contributed by atoms with Crippen LogP contribution in [-0.2, 0) is 6.18 Å². The predicted octanol–water partition coefficient (Wildman–Crippen LogP) is 7.83. The Morgan fingerprint density at radius 3 is 2.19 bits per heavy atom. The van der Waals surface area contributed by atoms with Crippen LogP contribution in [-0.4, -0.2) is 0 Å². The first-order valence-corrected chi connectivity index (χ1v) is 9.04. The maximum absolute atomic E-state index is 14.8. The molecule has 0 aliphatic carbocycles. The lowest BCUT2D eigenvalue weighted by molar-refractivity contribution is -0.137. The van der Waals surface area contributed by atoms with Gasteiger partial charge in [0.1, 0.15) is 5.82 Å². The third-order valence-electron chi connectivity index (χ3n) is 3.95. The molecule has 3 aromatic rings. The van der Waals surface area contributed by atoms with Crippen LogP contribution in [0.4, 0.5) is 23.2 Å². The number of hydrogen-bond acceptors (Lipinski definition) is 1. The molecule has 8 heteroatoms. The molecule has 3 aromatic carbocycles.